The number of rotatable bonds is 9. The van der Waals surface area contributed by atoms with Crippen LogP contribution in [0.3, 0.4) is 0 Å². The molecular formula is C16H26ClN3O2S. The summed E-state index contributed by atoms with van der Waals surface area (Å²) in [5.74, 6) is 1.42. The Labute approximate surface area is 147 Å². The Morgan fingerprint density at radius 1 is 1.43 bits per heavy atom. The zero-order valence-electron chi connectivity index (χ0n) is 13.6. The number of nitrogens with one attached hydrogen (secondary N) is 2. The van der Waals surface area contributed by atoms with Crippen LogP contribution in [0.15, 0.2) is 17.1 Å². The van der Waals surface area contributed by atoms with E-state index in [1.165, 1.54) is 4.88 Å². The lowest BCUT2D eigenvalue weighted by Gasteiger charge is -2.12. The van der Waals surface area contributed by atoms with Crippen LogP contribution in [-0.2, 0) is 15.9 Å². The average Bonchev–Trinajstić information content (AvgIpc) is 3.20. The first-order valence-electron chi connectivity index (χ1n) is 8.12. The van der Waals surface area contributed by atoms with Gasteiger partial charge in [-0.1, -0.05) is 11.6 Å². The first-order chi connectivity index (χ1) is 11.3. The largest absolute Gasteiger partial charge is 0.381 e. The van der Waals surface area contributed by atoms with E-state index >= 15 is 0 Å². The number of aliphatic imine (C=N–C) groups is 1. The molecule has 0 aliphatic carbocycles. The monoisotopic (exact) mass is 359 g/mol. The summed E-state index contributed by atoms with van der Waals surface area (Å²) in [6.07, 6.45) is 3.05. The number of hydrogen-bond acceptors (Lipinski definition) is 4. The summed E-state index contributed by atoms with van der Waals surface area (Å²) in [5, 5.41) is 6.61. The zero-order valence-corrected chi connectivity index (χ0v) is 15.2. The van der Waals surface area contributed by atoms with Gasteiger partial charge in [0.1, 0.15) is 0 Å². The molecule has 0 radical (unpaired) electrons. The Morgan fingerprint density at radius 3 is 3.00 bits per heavy atom. The van der Waals surface area contributed by atoms with E-state index in [-0.39, 0.29) is 0 Å². The second-order valence-corrected chi connectivity index (χ2v) is 7.34. The molecule has 23 heavy (non-hydrogen) atoms. The number of thiophene rings is 1. The second kappa shape index (κ2) is 10.9. The Hall–Kier alpha value is -0.820. The summed E-state index contributed by atoms with van der Waals surface area (Å²) in [5.41, 5.74) is 0. The first-order valence-corrected chi connectivity index (χ1v) is 9.31. The summed E-state index contributed by atoms with van der Waals surface area (Å²) >= 11 is 7.55. The molecule has 1 unspecified atom stereocenters. The van der Waals surface area contributed by atoms with Gasteiger partial charge < -0.3 is 20.1 Å². The molecule has 7 heteroatoms. The van der Waals surface area contributed by atoms with Crippen LogP contribution in [0.5, 0.6) is 0 Å². The number of hydrogen-bond donors (Lipinski definition) is 2. The van der Waals surface area contributed by atoms with Gasteiger partial charge in [-0.25, -0.2) is 0 Å². The van der Waals surface area contributed by atoms with Crippen molar-refractivity contribution >= 4 is 28.9 Å². The molecule has 0 spiro atoms. The first kappa shape index (κ1) is 18.5. The lowest BCUT2D eigenvalue weighted by Crippen LogP contribution is -2.39. The lowest BCUT2D eigenvalue weighted by molar-refractivity contribution is 0.0888. The predicted molar refractivity (Wildman–Crippen MR) is 96.8 cm³/mol. The molecule has 2 heterocycles. The summed E-state index contributed by atoms with van der Waals surface area (Å²) in [6.45, 7) is 5.02. The van der Waals surface area contributed by atoms with Crippen molar-refractivity contribution in [3.63, 3.8) is 0 Å². The van der Waals surface area contributed by atoms with Crippen LogP contribution in [0.2, 0.25) is 4.34 Å². The van der Waals surface area contributed by atoms with Crippen LogP contribution in [0.4, 0.5) is 0 Å². The SMILES string of the molecule is CN=C(NCCCOCC1CCOC1)NCCc1ccc(Cl)s1. The molecule has 2 rings (SSSR count). The number of guanidine groups is 1. The second-order valence-electron chi connectivity index (χ2n) is 5.54. The molecule has 5 nitrogen and oxygen atoms in total. The molecule has 1 aromatic heterocycles. The smallest absolute Gasteiger partial charge is 0.190 e. The highest BCUT2D eigenvalue weighted by atomic mass is 35.5. The molecule has 0 amide bonds. The molecule has 2 N–H and O–H groups in total. The third-order valence-corrected chi connectivity index (χ3v) is 4.94. The highest BCUT2D eigenvalue weighted by Gasteiger charge is 2.15. The molecule has 130 valence electrons. The van der Waals surface area contributed by atoms with Crippen LogP contribution in [0.25, 0.3) is 0 Å². The van der Waals surface area contributed by atoms with E-state index in [0.717, 1.165) is 69.1 Å². The Bertz CT molecular complexity index is 476. The molecule has 0 bridgehead atoms. The minimum atomic E-state index is 0.586. The van der Waals surface area contributed by atoms with Gasteiger partial charge in [0.05, 0.1) is 17.6 Å². The third kappa shape index (κ3) is 7.52. The quantitative estimate of drug-likeness (QED) is 0.404. The summed E-state index contributed by atoms with van der Waals surface area (Å²) in [4.78, 5) is 5.50. The van der Waals surface area contributed by atoms with Crippen molar-refractivity contribution in [1.82, 2.24) is 10.6 Å². The van der Waals surface area contributed by atoms with Gasteiger partial charge in [0, 0.05) is 44.1 Å². The Balaban J connectivity index is 1.47. The Kier molecular flexibility index (Phi) is 8.74. The summed E-state index contributed by atoms with van der Waals surface area (Å²) < 4.78 is 11.9. The molecule has 1 saturated heterocycles. The molecule has 0 aromatic carbocycles. The number of halogens is 1. The van der Waals surface area contributed by atoms with Gasteiger partial charge in [-0.05, 0) is 31.4 Å². The number of ether oxygens (including phenoxy) is 2. The van der Waals surface area contributed by atoms with Crippen LogP contribution in [0.1, 0.15) is 17.7 Å². The fourth-order valence-corrected chi connectivity index (χ4v) is 3.44. The van der Waals surface area contributed by atoms with Crippen LogP contribution < -0.4 is 10.6 Å². The molecule has 1 aliphatic heterocycles. The minimum absolute atomic E-state index is 0.586. The predicted octanol–water partition coefficient (Wildman–Crippen LogP) is 2.55. The van der Waals surface area contributed by atoms with Crippen molar-refractivity contribution in [3.8, 4) is 0 Å². The standard InChI is InChI=1S/C16H26ClN3O2S/c1-18-16(20-8-5-14-3-4-15(17)23-14)19-7-2-9-21-11-13-6-10-22-12-13/h3-4,13H,2,5-12H2,1H3,(H2,18,19,20). The van der Waals surface area contributed by atoms with Gasteiger partial charge in [0.2, 0.25) is 0 Å². The Morgan fingerprint density at radius 2 is 2.30 bits per heavy atom. The fraction of sp³-hybridized carbons (Fsp3) is 0.688. The maximum Gasteiger partial charge on any atom is 0.190 e. The maximum atomic E-state index is 5.92. The van der Waals surface area contributed by atoms with Crippen molar-refractivity contribution in [2.75, 3.05) is 46.6 Å². The van der Waals surface area contributed by atoms with E-state index in [1.54, 1.807) is 18.4 Å². The normalized spacial score (nSPS) is 18.3. The van der Waals surface area contributed by atoms with Crippen molar-refractivity contribution in [3.05, 3.63) is 21.3 Å². The van der Waals surface area contributed by atoms with Crippen molar-refractivity contribution in [2.24, 2.45) is 10.9 Å². The van der Waals surface area contributed by atoms with E-state index in [0.29, 0.717) is 5.92 Å². The molecule has 1 aromatic rings. The molecule has 1 fully saturated rings. The van der Waals surface area contributed by atoms with Crippen LogP contribution >= 0.6 is 22.9 Å². The lowest BCUT2D eigenvalue weighted by atomic mass is 10.1. The average molecular weight is 360 g/mol. The van der Waals surface area contributed by atoms with E-state index < -0.39 is 0 Å². The van der Waals surface area contributed by atoms with Gasteiger partial charge in [-0.15, -0.1) is 11.3 Å². The van der Waals surface area contributed by atoms with E-state index in [2.05, 4.69) is 21.7 Å². The number of nitrogens with zero attached hydrogens (tertiary/aromatic N) is 1. The van der Waals surface area contributed by atoms with E-state index in [9.17, 15) is 0 Å². The van der Waals surface area contributed by atoms with Gasteiger partial charge >= 0.3 is 0 Å². The van der Waals surface area contributed by atoms with Crippen LogP contribution in [-0.4, -0.2) is 52.5 Å². The van der Waals surface area contributed by atoms with Crippen molar-refractivity contribution < 1.29 is 9.47 Å². The van der Waals surface area contributed by atoms with E-state index in [4.69, 9.17) is 21.1 Å². The minimum Gasteiger partial charge on any atom is -0.381 e. The van der Waals surface area contributed by atoms with Gasteiger partial charge in [0.15, 0.2) is 5.96 Å². The fourth-order valence-electron chi connectivity index (χ4n) is 2.36. The molecule has 1 aliphatic rings. The van der Waals surface area contributed by atoms with Crippen molar-refractivity contribution in [1.29, 1.82) is 0 Å². The van der Waals surface area contributed by atoms with Crippen LogP contribution in [0, 0.1) is 5.92 Å². The third-order valence-electron chi connectivity index (χ3n) is 3.65. The maximum absolute atomic E-state index is 5.92. The summed E-state index contributed by atoms with van der Waals surface area (Å²) in [7, 11) is 1.79. The highest BCUT2D eigenvalue weighted by Crippen LogP contribution is 2.21. The van der Waals surface area contributed by atoms with Gasteiger partial charge in [-0.2, -0.15) is 0 Å². The summed E-state index contributed by atoms with van der Waals surface area (Å²) in [6, 6.07) is 4.00. The molecule has 1 atom stereocenters. The zero-order chi connectivity index (χ0) is 16.3. The molecular weight excluding hydrogens is 334 g/mol. The molecule has 0 saturated carbocycles. The van der Waals surface area contributed by atoms with Gasteiger partial charge in [-0.3, -0.25) is 4.99 Å². The van der Waals surface area contributed by atoms with Crippen molar-refractivity contribution in [2.45, 2.75) is 19.3 Å². The van der Waals surface area contributed by atoms with Gasteiger partial charge in [0.25, 0.3) is 0 Å². The van der Waals surface area contributed by atoms with E-state index in [1.807, 2.05) is 6.07 Å². The highest BCUT2D eigenvalue weighted by molar-refractivity contribution is 7.16. The topological polar surface area (TPSA) is 54.9 Å².